The molecule has 0 bridgehead atoms. The van der Waals surface area contributed by atoms with Crippen LogP contribution in [0.25, 0.3) is 0 Å². The molecule has 0 radical (unpaired) electrons. The standard InChI is InChI=1S/C21H26BrN3O3S/c22-17-12-20(29(27,28)25-10-4-7-18(25)11-15-8-9-15)21(23-13-17)24-19(14-26)16-5-2-1-3-6-16/h1-3,5-6,12-13,15,18-19,26H,4,7-11,14H2,(H,23,24)/t18?,19-/m0/s1. The highest BCUT2D eigenvalue weighted by atomic mass is 79.9. The molecular formula is C21H26BrN3O3S. The quantitative estimate of drug-likeness (QED) is 0.598. The average molecular weight is 480 g/mol. The zero-order valence-corrected chi connectivity index (χ0v) is 18.6. The molecule has 1 aromatic carbocycles. The number of hydrogen-bond donors (Lipinski definition) is 2. The molecule has 2 aliphatic rings. The summed E-state index contributed by atoms with van der Waals surface area (Å²) in [5.41, 5.74) is 0.871. The number of aliphatic hydroxyl groups excluding tert-OH is 1. The van der Waals surface area contributed by atoms with Crippen LogP contribution < -0.4 is 5.32 Å². The van der Waals surface area contributed by atoms with Gasteiger partial charge >= 0.3 is 0 Å². The zero-order chi connectivity index (χ0) is 20.4. The number of nitrogens with zero attached hydrogens (tertiary/aromatic N) is 2. The smallest absolute Gasteiger partial charge is 0.247 e. The van der Waals surface area contributed by atoms with E-state index in [0.717, 1.165) is 24.8 Å². The fourth-order valence-electron chi connectivity index (χ4n) is 4.04. The van der Waals surface area contributed by atoms with Gasteiger partial charge in [0, 0.05) is 23.3 Å². The third kappa shape index (κ3) is 4.66. The summed E-state index contributed by atoms with van der Waals surface area (Å²) in [6.07, 6.45) is 6.77. The summed E-state index contributed by atoms with van der Waals surface area (Å²) in [4.78, 5) is 4.51. The number of rotatable bonds is 8. The van der Waals surface area contributed by atoms with Crippen LogP contribution in [0.5, 0.6) is 0 Å². The van der Waals surface area contributed by atoms with Crippen molar-refractivity contribution in [1.82, 2.24) is 9.29 Å². The highest BCUT2D eigenvalue weighted by Gasteiger charge is 2.39. The van der Waals surface area contributed by atoms with E-state index in [1.54, 1.807) is 16.6 Å². The first-order valence-electron chi connectivity index (χ1n) is 10.1. The lowest BCUT2D eigenvalue weighted by Gasteiger charge is -2.26. The van der Waals surface area contributed by atoms with Gasteiger partial charge in [-0.2, -0.15) is 4.31 Å². The molecule has 2 fully saturated rings. The van der Waals surface area contributed by atoms with Gasteiger partial charge in [-0.1, -0.05) is 43.2 Å². The number of pyridine rings is 1. The fraction of sp³-hybridized carbons (Fsp3) is 0.476. The van der Waals surface area contributed by atoms with Crippen LogP contribution in [0.1, 0.15) is 43.7 Å². The van der Waals surface area contributed by atoms with Gasteiger partial charge in [0.05, 0.1) is 12.6 Å². The Morgan fingerprint density at radius 3 is 2.69 bits per heavy atom. The second-order valence-corrected chi connectivity index (χ2v) is 10.7. The van der Waals surface area contributed by atoms with E-state index in [4.69, 9.17) is 0 Å². The molecule has 4 rings (SSSR count). The van der Waals surface area contributed by atoms with E-state index >= 15 is 0 Å². The maximum Gasteiger partial charge on any atom is 0.247 e. The number of anilines is 1. The summed E-state index contributed by atoms with van der Waals surface area (Å²) < 4.78 is 29.5. The van der Waals surface area contributed by atoms with Gasteiger partial charge < -0.3 is 10.4 Å². The summed E-state index contributed by atoms with van der Waals surface area (Å²) >= 11 is 3.37. The SMILES string of the molecule is O=S(=O)(c1cc(Br)cnc1N[C@@H](CO)c1ccccc1)N1CCCC1CC1CC1. The van der Waals surface area contributed by atoms with Crippen molar-refractivity contribution in [3.8, 4) is 0 Å². The van der Waals surface area contributed by atoms with Crippen molar-refractivity contribution in [3.05, 3.63) is 52.6 Å². The van der Waals surface area contributed by atoms with E-state index in [9.17, 15) is 13.5 Å². The van der Waals surface area contributed by atoms with E-state index in [-0.39, 0.29) is 23.4 Å². The Bertz CT molecular complexity index is 951. The first-order chi connectivity index (χ1) is 14.0. The number of aromatic nitrogens is 1. The van der Waals surface area contributed by atoms with E-state index in [1.165, 1.54) is 12.8 Å². The fourth-order valence-corrected chi connectivity index (χ4v) is 6.36. The van der Waals surface area contributed by atoms with Crippen LogP contribution in [-0.2, 0) is 10.0 Å². The van der Waals surface area contributed by atoms with Gasteiger partial charge in [0.1, 0.15) is 10.7 Å². The third-order valence-corrected chi connectivity index (χ3v) is 8.13. The Morgan fingerprint density at radius 1 is 1.24 bits per heavy atom. The van der Waals surface area contributed by atoms with Crippen molar-refractivity contribution in [1.29, 1.82) is 0 Å². The van der Waals surface area contributed by atoms with Gasteiger partial charge in [-0.3, -0.25) is 0 Å². The topological polar surface area (TPSA) is 82.5 Å². The number of benzene rings is 1. The largest absolute Gasteiger partial charge is 0.394 e. The Kier molecular flexibility index (Phi) is 6.24. The molecule has 1 saturated carbocycles. The summed E-state index contributed by atoms with van der Waals surface area (Å²) in [6.45, 7) is 0.378. The molecule has 1 aliphatic heterocycles. The summed E-state index contributed by atoms with van der Waals surface area (Å²) in [6, 6.07) is 10.7. The zero-order valence-electron chi connectivity index (χ0n) is 16.2. The molecule has 2 atom stereocenters. The second-order valence-electron chi connectivity index (χ2n) is 7.88. The van der Waals surface area contributed by atoms with Crippen LogP contribution >= 0.6 is 15.9 Å². The monoisotopic (exact) mass is 479 g/mol. The second kappa shape index (κ2) is 8.71. The van der Waals surface area contributed by atoms with Crippen LogP contribution in [0, 0.1) is 5.92 Å². The first-order valence-corrected chi connectivity index (χ1v) is 12.3. The molecule has 1 unspecified atom stereocenters. The van der Waals surface area contributed by atoms with Crippen molar-refractivity contribution in [2.75, 3.05) is 18.5 Å². The lowest BCUT2D eigenvalue weighted by Crippen LogP contribution is -2.36. The minimum Gasteiger partial charge on any atom is -0.394 e. The van der Waals surface area contributed by atoms with Crippen molar-refractivity contribution < 1.29 is 13.5 Å². The molecule has 6 nitrogen and oxygen atoms in total. The lowest BCUT2D eigenvalue weighted by molar-refractivity contribution is 0.276. The van der Waals surface area contributed by atoms with Gasteiger partial charge in [-0.15, -0.1) is 0 Å². The maximum atomic E-state index is 13.6. The van der Waals surface area contributed by atoms with Crippen LogP contribution in [-0.4, -0.2) is 42.0 Å². The molecule has 0 amide bonds. The van der Waals surface area contributed by atoms with Crippen LogP contribution in [0.4, 0.5) is 5.82 Å². The Hall–Kier alpha value is -1.48. The lowest BCUT2D eigenvalue weighted by atomic mass is 10.1. The molecule has 156 valence electrons. The molecule has 2 heterocycles. The highest BCUT2D eigenvalue weighted by Crippen LogP contribution is 2.40. The van der Waals surface area contributed by atoms with E-state index in [2.05, 4.69) is 26.2 Å². The molecule has 1 saturated heterocycles. The maximum absolute atomic E-state index is 13.6. The highest BCUT2D eigenvalue weighted by molar-refractivity contribution is 9.10. The molecule has 8 heteroatoms. The number of halogens is 1. The molecule has 1 aliphatic carbocycles. The Morgan fingerprint density at radius 2 is 2.00 bits per heavy atom. The summed E-state index contributed by atoms with van der Waals surface area (Å²) in [5.74, 6) is 0.944. The van der Waals surface area contributed by atoms with Gasteiger partial charge in [0.15, 0.2) is 0 Å². The number of aliphatic hydroxyl groups is 1. The molecule has 2 N–H and O–H groups in total. The molecule has 29 heavy (non-hydrogen) atoms. The van der Waals surface area contributed by atoms with E-state index in [1.807, 2.05) is 30.3 Å². The number of nitrogens with one attached hydrogen (secondary N) is 1. The Balaban J connectivity index is 1.65. The summed E-state index contributed by atoms with van der Waals surface area (Å²) in [7, 11) is -3.70. The van der Waals surface area contributed by atoms with Crippen molar-refractivity contribution in [2.45, 2.75) is 49.1 Å². The predicted octanol–water partition coefficient (Wildman–Crippen LogP) is 3.94. The van der Waals surface area contributed by atoms with Crippen molar-refractivity contribution in [2.24, 2.45) is 5.92 Å². The van der Waals surface area contributed by atoms with Crippen molar-refractivity contribution in [3.63, 3.8) is 0 Å². The van der Waals surface area contributed by atoms with E-state index < -0.39 is 16.1 Å². The van der Waals surface area contributed by atoms with Gasteiger partial charge in [-0.05, 0) is 52.7 Å². The van der Waals surface area contributed by atoms with Crippen LogP contribution in [0.3, 0.4) is 0 Å². The first kappa shape index (κ1) is 20.8. The Labute approximate surface area is 180 Å². The average Bonchev–Trinajstić information content (AvgIpc) is 3.41. The van der Waals surface area contributed by atoms with Crippen molar-refractivity contribution >= 4 is 31.8 Å². The normalized spacial score (nSPS) is 21.2. The molecular weight excluding hydrogens is 454 g/mol. The van der Waals surface area contributed by atoms with E-state index in [0.29, 0.717) is 16.9 Å². The minimum atomic E-state index is -3.70. The number of sulfonamides is 1. The summed E-state index contributed by atoms with van der Waals surface area (Å²) in [5, 5.41) is 13.0. The van der Waals surface area contributed by atoms with Crippen LogP contribution in [0.2, 0.25) is 0 Å². The van der Waals surface area contributed by atoms with Gasteiger partial charge in [0.2, 0.25) is 10.0 Å². The number of hydrogen-bond acceptors (Lipinski definition) is 5. The van der Waals surface area contributed by atoms with Gasteiger partial charge in [-0.25, -0.2) is 13.4 Å². The predicted molar refractivity (Wildman–Crippen MR) is 116 cm³/mol. The minimum absolute atomic E-state index is 0.0714. The molecule has 0 spiro atoms. The van der Waals surface area contributed by atoms with Crippen LogP contribution in [0.15, 0.2) is 52.0 Å². The third-order valence-electron chi connectivity index (χ3n) is 5.73. The van der Waals surface area contributed by atoms with Gasteiger partial charge in [0.25, 0.3) is 0 Å². The molecule has 2 aromatic rings. The molecule has 1 aromatic heterocycles.